The molecule has 5 rings (SSSR count). The van der Waals surface area contributed by atoms with Crippen molar-refractivity contribution in [2.75, 3.05) is 15.9 Å². The second-order valence-electron chi connectivity index (χ2n) is 8.79. The average molecular weight is 411 g/mol. The molecule has 3 aliphatic rings. The van der Waals surface area contributed by atoms with Crippen molar-refractivity contribution in [1.82, 2.24) is 0 Å². The molecule has 5 nitrogen and oxygen atoms in total. The Balaban J connectivity index is 1.62. The van der Waals surface area contributed by atoms with Crippen molar-refractivity contribution in [3.05, 3.63) is 59.7 Å². The number of carbonyl (C=O) groups excluding carboxylic acids is 1. The van der Waals surface area contributed by atoms with Crippen LogP contribution in [0.3, 0.4) is 0 Å². The van der Waals surface area contributed by atoms with Gasteiger partial charge in [0.1, 0.15) is 0 Å². The first-order chi connectivity index (χ1) is 13.8. The van der Waals surface area contributed by atoms with Crippen molar-refractivity contribution < 1.29 is 13.2 Å². The van der Waals surface area contributed by atoms with E-state index in [0.29, 0.717) is 29.4 Å². The summed E-state index contributed by atoms with van der Waals surface area (Å²) >= 11 is 0. The molecule has 2 aromatic carbocycles. The van der Waals surface area contributed by atoms with E-state index in [9.17, 15) is 13.2 Å². The van der Waals surface area contributed by atoms with Crippen LogP contribution in [0.2, 0.25) is 0 Å². The Bertz CT molecular complexity index is 1070. The van der Waals surface area contributed by atoms with Gasteiger partial charge in [-0.1, -0.05) is 30.3 Å². The molecule has 5 atom stereocenters. The van der Waals surface area contributed by atoms with Crippen molar-refractivity contribution >= 4 is 27.3 Å². The number of amides is 1. The van der Waals surface area contributed by atoms with E-state index in [-0.39, 0.29) is 6.04 Å². The molecule has 2 bridgehead atoms. The van der Waals surface area contributed by atoms with Gasteiger partial charge in [-0.2, -0.15) is 0 Å². The van der Waals surface area contributed by atoms with Crippen molar-refractivity contribution in [2.45, 2.75) is 38.1 Å². The van der Waals surface area contributed by atoms with Gasteiger partial charge in [0.2, 0.25) is 15.9 Å². The molecule has 6 heteroatoms. The summed E-state index contributed by atoms with van der Waals surface area (Å²) in [5.41, 5.74) is 3.99. The highest BCUT2D eigenvalue weighted by atomic mass is 32.2. The third kappa shape index (κ3) is 2.96. The van der Waals surface area contributed by atoms with Crippen LogP contribution >= 0.6 is 0 Å². The van der Waals surface area contributed by atoms with E-state index in [1.807, 2.05) is 18.2 Å². The van der Waals surface area contributed by atoms with Crippen molar-refractivity contribution in [1.29, 1.82) is 0 Å². The number of carbonyl (C=O) groups is 1. The topological polar surface area (TPSA) is 66.5 Å². The Labute approximate surface area is 172 Å². The van der Waals surface area contributed by atoms with E-state index in [0.717, 1.165) is 16.2 Å². The molecule has 0 radical (unpaired) electrons. The summed E-state index contributed by atoms with van der Waals surface area (Å²) in [6.07, 6.45) is 4.83. The zero-order valence-corrected chi connectivity index (χ0v) is 17.5. The van der Waals surface area contributed by atoms with E-state index >= 15 is 0 Å². The van der Waals surface area contributed by atoms with E-state index in [1.54, 1.807) is 6.07 Å². The van der Waals surface area contributed by atoms with Crippen molar-refractivity contribution in [3.63, 3.8) is 0 Å². The zero-order valence-electron chi connectivity index (χ0n) is 16.7. The molecule has 1 heterocycles. The van der Waals surface area contributed by atoms with Crippen LogP contribution in [0.25, 0.3) is 0 Å². The van der Waals surface area contributed by atoms with Gasteiger partial charge in [0.25, 0.3) is 0 Å². The molecular formula is C23H26N2O3S. The number of nitrogens with one attached hydrogen (secondary N) is 1. The molecule has 1 amide bonds. The first-order valence-corrected chi connectivity index (χ1v) is 12.2. The highest BCUT2D eigenvalue weighted by Gasteiger charge is 2.53. The minimum Gasteiger partial charge on any atom is -0.378 e. The summed E-state index contributed by atoms with van der Waals surface area (Å²) in [4.78, 5) is 12.1. The highest BCUT2D eigenvalue weighted by molar-refractivity contribution is 7.92. The summed E-state index contributed by atoms with van der Waals surface area (Å²) in [5, 5.41) is 3.75. The van der Waals surface area contributed by atoms with E-state index < -0.39 is 15.9 Å². The fraction of sp³-hybridized carbons (Fsp3) is 0.435. The molecular weight excluding hydrogens is 384 g/mol. The molecule has 29 heavy (non-hydrogen) atoms. The van der Waals surface area contributed by atoms with Crippen LogP contribution in [-0.2, 0) is 14.8 Å². The smallest absolute Gasteiger partial charge is 0.238 e. The van der Waals surface area contributed by atoms with Gasteiger partial charge in [-0.3, -0.25) is 4.79 Å². The maximum atomic E-state index is 12.2. The minimum atomic E-state index is -3.67. The van der Waals surface area contributed by atoms with Crippen LogP contribution in [-0.4, -0.2) is 20.6 Å². The summed E-state index contributed by atoms with van der Waals surface area (Å²) in [6.45, 7) is 1.30. The van der Waals surface area contributed by atoms with Gasteiger partial charge in [-0.05, 0) is 72.3 Å². The maximum absolute atomic E-state index is 12.2. The number of benzene rings is 2. The third-order valence-electron chi connectivity index (χ3n) is 7.08. The summed E-state index contributed by atoms with van der Waals surface area (Å²) in [6, 6.07) is 16.5. The minimum absolute atomic E-state index is 0.272. The SMILES string of the molecule is CC(=O)N(c1ccc2c(c1)C1C3CCC(C3)C1C(c1ccccc1)N2)S(C)(=O)=O. The lowest BCUT2D eigenvalue weighted by atomic mass is 9.68. The maximum Gasteiger partial charge on any atom is 0.238 e. The number of hydrogen-bond donors (Lipinski definition) is 1. The number of fused-ring (bicyclic) bond motifs is 7. The van der Waals surface area contributed by atoms with Gasteiger partial charge in [0.15, 0.2) is 0 Å². The molecule has 1 N–H and O–H groups in total. The number of anilines is 2. The highest BCUT2D eigenvalue weighted by Crippen LogP contribution is 2.63. The van der Waals surface area contributed by atoms with Crippen LogP contribution < -0.4 is 9.62 Å². The molecule has 152 valence electrons. The first kappa shape index (κ1) is 18.7. The van der Waals surface area contributed by atoms with Gasteiger partial charge in [-0.15, -0.1) is 0 Å². The lowest BCUT2D eigenvalue weighted by Gasteiger charge is -2.44. The second kappa shape index (κ2) is 6.59. The zero-order chi connectivity index (χ0) is 20.3. The Morgan fingerprint density at radius 3 is 2.48 bits per heavy atom. The van der Waals surface area contributed by atoms with Gasteiger partial charge in [0.05, 0.1) is 18.0 Å². The Morgan fingerprint density at radius 2 is 1.79 bits per heavy atom. The van der Waals surface area contributed by atoms with Crippen LogP contribution in [0.1, 0.15) is 49.3 Å². The lowest BCUT2D eigenvalue weighted by Crippen LogP contribution is -2.37. The van der Waals surface area contributed by atoms with Crippen LogP contribution in [0.4, 0.5) is 11.4 Å². The van der Waals surface area contributed by atoms with E-state index in [1.165, 1.54) is 37.3 Å². The molecule has 5 unspecified atom stereocenters. The molecule has 2 fully saturated rings. The average Bonchev–Trinajstić information content (AvgIpc) is 3.29. The third-order valence-corrected chi connectivity index (χ3v) is 8.21. The van der Waals surface area contributed by atoms with E-state index in [4.69, 9.17) is 0 Å². The molecule has 1 aliphatic heterocycles. The number of sulfonamides is 1. The molecule has 2 aliphatic carbocycles. The van der Waals surface area contributed by atoms with Gasteiger partial charge < -0.3 is 5.32 Å². The molecule has 0 spiro atoms. The Kier molecular flexibility index (Phi) is 4.24. The fourth-order valence-electron chi connectivity index (χ4n) is 6.20. The van der Waals surface area contributed by atoms with Crippen molar-refractivity contribution in [3.8, 4) is 0 Å². The first-order valence-electron chi connectivity index (χ1n) is 10.3. The monoisotopic (exact) mass is 410 g/mol. The summed E-state index contributed by atoms with van der Waals surface area (Å²) < 4.78 is 25.4. The standard InChI is InChI=1S/C23H26N2O3S/c1-14(26)25(29(2,27)28)18-10-11-20-19(13-18)21-16-8-9-17(12-16)22(21)23(24-20)15-6-4-3-5-7-15/h3-7,10-11,13,16-17,21-24H,8-9,12H2,1-2H3. The predicted molar refractivity (Wildman–Crippen MR) is 114 cm³/mol. The lowest BCUT2D eigenvalue weighted by molar-refractivity contribution is -0.115. The van der Waals surface area contributed by atoms with Crippen LogP contribution in [0.5, 0.6) is 0 Å². The molecule has 0 aromatic heterocycles. The summed E-state index contributed by atoms with van der Waals surface area (Å²) in [5.74, 6) is 1.75. The van der Waals surface area contributed by atoms with Gasteiger partial charge in [-0.25, -0.2) is 12.7 Å². The summed E-state index contributed by atoms with van der Waals surface area (Å²) in [7, 11) is -3.67. The quantitative estimate of drug-likeness (QED) is 0.819. The van der Waals surface area contributed by atoms with Crippen LogP contribution in [0.15, 0.2) is 48.5 Å². The predicted octanol–water partition coefficient (Wildman–Crippen LogP) is 4.30. The molecule has 2 saturated carbocycles. The molecule has 0 saturated heterocycles. The van der Waals surface area contributed by atoms with Gasteiger partial charge >= 0.3 is 0 Å². The number of rotatable bonds is 3. The van der Waals surface area contributed by atoms with E-state index in [2.05, 4.69) is 29.6 Å². The fourth-order valence-corrected chi connectivity index (χ4v) is 7.16. The number of nitrogens with zero attached hydrogens (tertiary/aromatic N) is 1. The Hall–Kier alpha value is -2.34. The largest absolute Gasteiger partial charge is 0.378 e. The Morgan fingerprint density at radius 1 is 1.07 bits per heavy atom. The number of hydrogen-bond acceptors (Lipinski definition) is 4. The second-order valence-corrected chi connectivity index (χ2v) is 10.6. The van der Waals surface area contributed by atoms with Crippen molar-refractivity contribution in [2.24, 2.45) is 17.8 Å². The van der Waals surface area contributed by atoms with Gasteiger partial charge in [0, 0.05) is 12.6 Å². The van der Waals surface area contributed by atoms with Crippen LogP contribution in [0, 0.1) is 17.8 Å². The molecule has 2 aromatic rings. The normalized spacial score (nSPS) is 29.7.